The Morgan fingerprint density at radius 2 is 1.96 bits per heavy atom. The number of nitrogens with zero attached hydrogens (tertiary/aromatic N) is 1. The maximum absolute atomic E-state index is 12.5. The number of halogens is 3. The van der Waals surface area contributed by atoms with E-state index in [9.17, 15) is 8.78 Å². The normalized spacial score (nSPS) is 12.5. The van der Waals surface area contributed by atoms with Crippen LogP contribution in [0.4, 0.5) is 8.78 Å². The van der Waals surface area contributed by atoms with Gasteiger partial charge in [0.2, 0.25) is 0 Å². The molecule has 26 heavy (non-hydrogen) atoms. The summed E-state index contributed by atoms with van der Waals surface area (Å²) in [5.41, 5.74) is 0.646. The maximum Gasteiger partial charge on any atom is 0.387 e. The molecule has 144 valence electrons. The van der Waals surface area contributed by atoms with Gasteiger partial charge < -0.3 is 15.4 Å². The molecule has 0 amide bonds. The fraction of sp³-hybridized carbons (Fsp3) is 0.389. The van der Waals surface area contributed by atoms with E-state index in [4.69, 9.17) is 0 Å². The fourth-order valence-corrected chi connectivity index (χ4v) is 3.43. The predicted molar refractivity (Wildman–Crippen MR) is 114 cm³/mol. The molecular weight excluding hydrogens is 471 g/mol. The van der Waals surface area contributed by atoms with E-state index >= 15 is 0 Å². The first-order valence-electron chi connectivity index (χ1n) is 8.03. The van der Waals surface area contributed by atoms with Gasteiger partial charge in [0, 0.05) is 41.4 Å². The van der Waals surface area contributed by atoms with Crippen LogP contribution in [0.5, 0.6) is 5.75 Å². The van der Waals surface area contributed by atoms with Crippen molar-refractivity contribution in [2.75, 3.05) is 7.05 Å². The smallest absolute Gasteiger partial charge is 0.387 e. The molecule has 4 nitrogen and oxygen atoms in total. The highest BCUT2D eigenvalue weighted by Gasteiger charge is 2.11. The van der Waals surface area contributed by atoms with Crippen molar-refractivity contribution in [2.24, 2.45) is 4.99 Å². The Hall–Kier alpha value is -1.42. The largest absolute Gasteiger partial charge is 0.434 e. The Morgan fingerprint density at radius 1 is 1.23 bits per heavy atom. The van der Waals surface area contributed by atoms with E-state index in [-0.39, 0.29) is 35.8 Å². The molecule has 0 aliphatic rings. The van der Waals surface area contributed by atoms with Gasteiger partial charge >= 0.3 is 6.61 Å². The molecule has 0 bridgehead atoms. The zero-order valence-corrected chi connectivity index (χ0v) is 18.1. The van der Waals surface area contributed by atoms with Crippen molar-refractivity contribution < 1.29 is 13.5 Å². The molecule has 1 aromatic carbocycles. The Bertz CT molecular complexity index is 709. The second-order valence-corrected chi connectivity index (χ2v) is 7.05. The molecule has 0 fully saturated rings. The second kappa shape index (κ2) is 11.3. The van der Waals surface area contributed by atoms with E-state index < -0.39 is 6.61 Å². The van der Waals surface area contributed by atoms with Gasteiger partial charge in [0.15, 0.2) is 5.96 Å². The molecule has 8 heteroatoms. The summed E-state index contributed by atoms with van der Waals surface area (Å²) >= 11 is 1.78. The third-order valence-electron chi connectivity index (χ3n) is 3.55. The molecule has 1 unspecified atom stereocenters. The quantitative estimate of drug-likeness (QED) is 0.336. The van der Waals surface area contributed by atoms with Crippen molar-refractivity contribution in [3.05, 3.63) is 51.7 Å². The summed E-state index contributed by atoms with van der Waals surface area (Å²) < 4.78 is 29.5. The van der Waals surface area contributed by atoms with Crippen LogP contribution in [-0.4, -0.2) is 25.7 Å². The average molecular weight is 495 g/mol. The summed E-state index contributed by atoms with van der Waals surface area (Å²) in [6.45, 7) is 1.67. The molecular formula is C18H24F2IN3OS. The number of ether oxygens (including phenoxy) is 1. The SMILES string of the molecule is CN=C(NCc1ccccc1OC(F)F)NC(C)Cc1ccc(C)s1.I. The fourth-order valence-electron chi connectivity index (χ4n) is 2.42. The molecule has 0 radical (unpaired) electrons. The van der Waals surface area contributed by atoms with Crippen molar-refractivity contribution >= 4 is 41.3 Å². The van der Waals surface area contributed by atoms with Crippen LogP contribution in [0.2, 0.25) is 0 Å². The number of nitrogens with one attached hydrogen (secondary N) is 2. The van der Waals surface area contributed by atoms with E-state index in [0.29, 0.717) is 18.1 Å². The molecule has 2 aromatic rings. The number of guanidine groups is 1. The van der Waals surface area contributed by atoms with Gasteiger partial charge in [-0.05, 0) is 32.0 Å². The molecule has 2 rings (SSSR count). The zero-order valence-electron chi connectivity index (χ0n) is 15.0. The number of thiophene rings is 1. The monoisotopic (exact) mass is 495 g/mol. The molecule has 0 aliphatic carbocycles. The van der Waals surface area contributed by atoms with E-state index in [2.05, 4.69) is 46.3 Å². The van der Waals surface area contributed by atoms with Crippen LogP contribution in [0, 0.1) is 6.92 Å². The number of para-hydroxylation sites is 1. The number of benzene rings is 1. The van der Waals surface area contributed by atoms with Gasteiger partial charge in [-0.2, -0.15) is 8.78 Å². The Labute approximate surface area is 174 Å². The molecule has 0 saturated carbocycles. The molecule has 1 heterocycles. The Morgan fingerprint density at radius 3 is 2.58 bits per heavy atom. The van der Waals surface area contributed by atoms with Crippen LogP contribution in [0.25, 0.3) is 0 Å². The number of hydrogen-bond donors (Lipinski definition) is 2. The molecule has 0 spiro atoms. The van der Waals surface area contributed by atoms with Crippen molar-refractivity contribution in [3.63, 3.8) is 0 Å². The molecule has 2 N–H and O–H groups in total. The van der Waals surface area contributed by atoms with Crippen molar-refractivity contribution in [3.8, 4) is 5.75 Å². The number of alkyl halides is 2. The number of aryl methyl sites for hydroxylation is 1. The Kier molecular flexibility index (Phi) is 9.85. The minimum absolute atomic E-state index is 0. The maximum atomic E-state index is 12.5. The lowest BCUT2D eigenvalue weighted by Crippen LogP contribution is -2.42. The van der Waals surface area contributed by atoms with Crippen LogP contribution in [0.1, 0.15) is 22.2 Å². The first-order valence-corrected chi connectivity index (χ1v) is 8.84. The number of rotatable bonds is 7. The van der Waals surface area contributed by atoms with Crippen LogP contribution >= 0.6 is 35.3 Å². The summed E-state index contributed by atoms with van der Waals surface area (Å²) in [6.07, 6.45) is 0.893. The molecule has 1 aromatic heterocycles. The van der Waals surface area contributed by atoms with E-state index in [1.165, 1.54) is 15.8 Å². The summed E-state index contributed by atoms with van der Waals surface area (Å²) in [6, 6.07) is 11.2. The lowest BCUT2D eigenvalue weighted by molar-refractivity contribution is -0.0504. The van der Waals surface area contributed by atoms with Gasteiger partial charge in [0.25, 0.3) is 0 Å². The van der Waals surface area contributed by atoms with E-state index in [0.717, 1.165) is 6.42 Å². The van der Waals surface area contributed by atoms with E-state index in [1.807, 2.05) is 0 Å². The lowest BCUT2D eigenvalue weighted by atomic mass is 10.2. The Balaban J connectivity index is 0.00000338. The van der Waals surface area contributed by atoms with Gasteiger partial charge in [0.05, 0.1) is 0 Å². The third-order valence-corrected chi connectivity index (χ3v) is 4.57. The first-order chi connectivity index (χ1) is 12.0. The minimum atomic E-state index is -2.84. The number of aliphatic imine (C=N–C) groups is 1. The highest BCUT2D eigenvalue weighted by atomic mass is 127. The molecule has 1 atom stereocenters. The zero-order chi connectivity index (χ0) is 18.2. The lowest BCUT2D eigenvalue weighted by Gasteiger charge is -2.18. The summed E-state index contributed by atoms with van der Waals surface area (Å²) in [5, 5.41) is 6.45. The number of hydrogen-bond acceptors (Lipinski definition) is 3. The second-order valence-electron chi connectivity index (χ2n) is 5.67. The van der Waals surface area contributed by atoms with E-state index in [1.54, 1.807) is 36.6 Å². The average Bonchev–Trinajstić information content (AvgIpc) is 2.97. The summed E-state index contributed by atoms with van der Waals surface area (Å²) in [4.78, 5) is 6.79. The highest BCUT2D eigenvalue weighted by molar-refractivity contribution is 14.0. The third kappa shape index (κ3) is 7.45. The van der Waals surface area contributed by atoms with Crippen molar-refractivity contribution in [1.82, 2.24) is 10.6 Å². The molecule has 0 aliphatic heterocycles. The van der Waals surface area contributed by atoms with Gasteiger partial charge in [-0.25, -0.2) is 0 Å². The highest BCUT2D eigenvalue weighted by Crippen LogP contribution is 2.20. The first kappa shape index (κ1) is 22.6. The van der Waals surface area contributed by atoms with Crippen molar-refractivity contribution in [1.29, 1.82) is 0 Å². The van der Waals surface area contributed by atoms with Gasteiger partial charge in [-0.3, -0.25) is 4.99 Å². The van der Waals surface area contributed by atoms with Crippen LogP contribution in [-0.2, 0) is 13.0 Å². The summed E-state index contributed by atoms with van der Waals surface area (Å²) in [5.74, 6) is 0.787. The standard InChI is InChI=1S/C18H23F2N3OS.HI/c1-12(10-15-9-8-13(2)25-15)23-18(21-3)22-11-14-6-4-5-7-16(14)24-17(19)20;/h4-9,12,17H,10-11H2,1-3H3,(H2,21,22,23);1H. The summed E-state index contributed by atoms with van der Waals surface area (Å²) in [7, 11) is 1.68. The topological polar surface area (TPSA) is 45.7 Å². The van der Waals surface area contributed by atoms with Crippen molar-refractivity contribution in [2.45, 2.75) is 39.5 Å². The van der Waals surface area contributed by atoms with Gasteiger partial charge in [-0.1, -0.05) is 18.2 Å². The van der Waals surface area contributed by atoms with Crippen LogP contribution < -0.4 is 15.4 Å². The molecule has 0 saturated heterocycles. The minimum Gasteiger partial charge on any atom is -0.434 e. The van der Waals surface area contributed by atoms with Crippen LogP contribution in [0.15, 0.2) is 41.4 Å². The predicted octanol–water partition coefficient (Wildman–Crippen LogP) is 4.57. The van der Waals surface area contributed by atoms with Gasteiger partial charge in [0.1, 0.15) is 5.75 Å². The van der Waals surface area contributed by atoms with Crippen LogP contribution in [0.3, 0.4) is 0 Å². The van der Waals surface area contributed by atoms with Gasteiger partial charge in [-0.15, -0.1) is 35.3 Å².